The number of hydrogen-bond donors (Lipinski definition) is 1. The molecule has 0 aliphatic carbocycles. The van der Waals surface area contributed by atoms with E-state index in [0.717, 1.165) is 23.2 Å². The fourth-order valence-electron chi connectivity index (χ4n) is 3.64. The van der Waals surface area contributed by atoms with E-state index in [1.54, 1.807) is 30.3 Å². The molecule has 4 rings (SSSR count). The molecule has 3 aromatic rings. The van der Waals surface area contributed by atoms with Crippen LogP contribution in [0.15, 0.2) is 53.6 Å². The number of amides is 1. The average molecular weight is 360 g/mol. The lowest BCUT2D eigenvalue weighted by molar-refractivity contribution is -0.118. The first-order chi connectivity index (χ1) is 13.0. The summed E-state index contributed by atoms with van der Waals surface area (Å²) in [4.78, 5) is 38.7. The number of hydrogen-bond acceptors (Lipinski definition) is 4. The van der Waals surface area contributed by atoms with Crippen molar-refractivity contribution in [3.63, 3.8) is 0 Å². The van der Waals surface area contributed by atoms with Crippen LogP contribution in [0.5, 0.6) is 0 Å². The molecule has 0 saturated heterocycles. The van der Waals surface area contributed by atoms with Crippen LogP contribution in [-0.4, -0.2) is 26.9 Å². The molecular weight excluding hydrogens is 340 g/mol. The number of benzene rings is 1. The van der Waals surface area contributed by atoms with Crippen molar-refractivity contribution in [2.75, 3.05) is 4.90 Å². The number of nitrogens with one attached hydrogen (secondary N) is 1. The van der Waals surface area contributed by atoms with E-state index in [1.807, 2.05) is 37.3 Å². The summed E-state index contributed by atoms with van der Waals surface area (Å²) < 4.78 is 0. The van der Waals surface area contributed by atoms with E-state index in [2.05, 4.69) is 15.0 Å². The largest absolute Gasteiger partial charge is 0.309 e. The molecule has 6 heteroatoms. The maximum atomic E-state index is 13.0. The molecule has 0 spiro atoms. The third-order valence-corrected chi connectivity index (χ3v) is 4.96. The van der Waals surface area contributed by atoms with Crippen LogP contribution in [0.2, 0.25) is 0 Å². The first kappa shape index (κ1) is 17.1. The summed E-state index contributed by atoms with van der Waals surface area (Å²) in [5.74, 6) is 0.374. The Morgan fingerprint density at radius 1 is 1.26 bits per heavy atom. The van der Waals surface area contributed by atoms with Crippen molar-refractivity contribution in [2.24, 2.45) is 0 Å². The predicted molar refractivity (Wildman–Crippen MR) is 104 cm³/mol. The highest BCUT2D eigenvalue weighted by Gasteiger charge is 2.31. The highest BCUT2D eigenvalue weighted by molar-refractivity contribution is 5.97. The number of carbonyl (C=O) groups is 1. The summed E-state index contributed by atoms with van der Waals surface area (Å²) in [6.45, 7) is 3.79. The third-order valence-electron chi connectivity index (χ3n) is 4.96. The van der Waals surface area contributed by atoms with Crippen LogP contribution in [-0.2, 0) is 17.6 Å². The van der Waals surface area contributed by atoms with Gasteiger partial charge in [0.25, 0.3) is 5.56 Å². The minimum atomic E-state index is -0.283. The Morgan fingerprint density at radius 2 is 2.07 bits per heavy atom. The lowest BCUT2D eigenvalue weighted by atomic mass is 10.1. The Kier molecular flexibility index (Phi) is 4.32. The summed E-state index contributed by atoms with van der Waals surface area (Å²) in [6.07, 6.45) is 4.16. The van der Waals surface area contributed by atoms with Crippen LogP contribution >= 0.6 is 0 Å². The molecular formula is C21H20N4O2. The molecule has 2 aromatic heterocycles. The molecule has 1 aliphatic rings. The van der Waals surface area contributed by atoms with Gasteiger partial charge in [-0.2, -0.15) is 0 Å². The Bertz CT molecular complexity index is 1060. The number of pyridine rings is 1. The minimum absolute atomic E-state index is 0.0279. The second-order valence-corrected chi connectivity index (χ2v) is 6.84. The average Bonchev–Trinajstić information content (AvgIpc) is 3.01. The van der Waals surface area contributed by atoms with Gasteiger partial charge in [0.05, 0.1) is 6.42 Å². The fraction of sp³-hybridized carbons (Fsp3) is 0.238. The summed E-state index contributed by atoms with van der Waals surface area (Å²) in [7, 11) is 0. The van der Waals surface area contributed by atoms with Gasteiger partial charge in [0, 0.05) is 40.9 Å². The van der Waals surface area contributed by atoms with Gasteiger partial charge in [-0.3, -0.25) is 14.6 Å². The zero-order valence-electron chi connectivity index (χ0n) is 15.3. The number of aromatic amines is 1. The van der Waals surface area contributed by atoms with Crippen molar-refractivity contribution in [3.05, 3.63) is 76.0 Å². The van der Waals surface area contributed by atoms with E-state index in [4.69, 9.17) is 0 Å². The molecule has 1 atom stereocenters. The molecule has 6 nitrogen and oxygen atoms in total. The molecule has 0 radical (unpaired) electrons. The van der Waals surface area contributed by atoms with E-state index in [0.29, 0.717) is 17.1 Å². The lowest BCUT2D eigenvalue weighted by Gasteiger charge is -2.23. The van der Waals surface area contributed by atoms with Gasteiger partial charge in [0.15, 0.2) is 0 Å². The molecule has 27 heavy (non-hydrogen) atoms. The van der Waals surface area contributed by atoms with Crippen molar-refractivity contribution >= 4 is 11.6 Å². The molecule has 0 saturated carbocycles. The van der Waals surface area contributed by atoms with E-state index in [9.17, 15) is 9.59 Å². The standard InChI is InChI=1S/C21H20N4O2/c1-13-10-15-6-3-4-8-18(15)25(13)19(26)11-17-14(2)23-20(24-21(17)27)16-7-5-9-22-12-16/h3-9,12-13H,10-11H2,1-2H3,(H,23,24,27)/t13-/m1/s1. The highest BCUT2D eigenvalue weighted by atomic mass is 16.2. The summed E-state index contributed by atoms with van der Waals surface area (Å²) in [5, 5.41) is 0. The minimum Gasteiger partial charge on any atom is -0.309 e. The molecule has 1 aromatic carbocycles. The van der Waals surface area contributed by atoms with Crippen molar-refractivity contribution in [3.8, 4) is 11.4 Å². The monoisotopic (exact) mass is 360 g/mol. The number of aryl methyl sites for hydroxylation is 1. The number of aromatic nitrogens is 3. The summed E-state index contributed by atoms with van der Waals surface area (Å²) in [5.41, 5.74) is 3.51. The van der Waals surface area contributed by atoms with Gasteiger partial charge < -0.3 is 9.88 Å². The second-order valence-electron chi connectivity index (χ2n) is 6.84. The lowest BCUT2D eigenvalue weighted by Crippen LogP contribution is -2.38. The van der Waals surface area contributed by atoms with Crippen LogP contribution < -0.4 is 10.5 Å². The maximum absolute atomic E-state index is 13.0. The highest BCUT2D eigenvalue weighted by Crippen LogP contribution is 2.32. The quantitative estimate of drug-likeness (QED) is 0.779. The Labute approximate surface area is 156 Å². The van der Waals surface area contributed by atoms with Gasteiger partial charge in [-0.15, -0.1) is 0 Å². The molecule has 0 fully saturated rings. The maximum Gasteiger partial charge on any atom is 0.255 e. The van der Waals surface area contributed by atoms with Crippen LogP contribution in [0, 0.1) is 6.92 Å². The molecule has 0 unspecified atom stereocenters. The number of fused-ring (bicyclic) bond motifs is 1. The van der Waals surface area contributed by atoms with Gasteiger partial charge in [-0.25, -0.2) is 4.98 Å². The number of nitrogens with zero attached hydrogens (tertiary/aromatic N) is 3. The normalized spacial score (nSPS) is 15.6. The van der Waals surface area contributed by atoms with Crippen molar-refractivity contribution in [2.45, 2.75) is 32.7 Å². The molecule has 3 heterocycles. The van der Waals surface area contributed by atoms with Gasteiger partial charge in [-0.05, 0) is 44.0 Å². The molecule has 1 amide bonds. The first-order valence-corrected chi connectivity index (χ1v) is 8.94. The van der Waals surface area contributed by atoms with E-state index in [-0.39, 0.29) is 23.9 Å². The SMILES string of the molecule is Cc1nc(-c2cccnc2)[nH]c(=O)c1CC(=O)N1c2ccccc2C[C@H]1C. The van der Waals surface area contributed by atoms with Crippen LogP contribution in [0.3, 0.4) is 0 Å². The van der Waals surface area contributed by atoms with Gasteiger partial charge in [0.2, 0.25) is 5.91 Å². The van der Waals surface area contributed by atoms with Crippen molar-refractivity contribution < 1.29 is 4.79 Å². The number of H-pyrrole nitrogens is 1. The topological polar surface area (TPSA) is 79.0 Å². The van der Waals surface area contributed by atoms with Gasteiger partial charge in [0.1, 0.15) is 5.82 Å². The zero-order valence-corrected chi connectivity index (χ0v) is 15.3. The molecule has 1 N–H and O–H groups in total. The van der Waals surface area contributed by atoms with Crippen LogP contribution in [0.1, 0.15) is 23.7 Å². The molecule has 0 bridgehead atoms. The van der Waals surface area contributed by atoms with Crippen molar-refractivity contribution in [1.82, 2.24) is 15.0 Å². The number of rotatable bonds is 3. The van der Waals surface area contributed by atoms with Gasteiger partial charge in [-0.1, -0.05) is 18.2 Å². The fourth-order valence-corrected chi connectivity index (χ4v) is 3.64. The van der Waals surface area contributed by atoms with E-state index in [1.165, 1.54) is 0 Å². The first-order valence-electron chi connectivity index (χ1n) is 8.94. The van der Waals surface area contributed by atoms with Crippen molar-refractivity contribution in [1.29, 1.82) is 0 Å². The number of anilines is 1. The van der Waals surface area contributed by atoms with E-state index >= 15 is 0 Å². The zero-order chi connectivity index (χ0) is 19.0. The summed E-state index contributed by atoms with van der Waals surface area (Å²) >= 11 is 0. The summed E-state index contributed by atoms with van der Waals surface area (Å²) in [6, 6.07) is 11.6. The molecule has 136 valence electrons. The van der Waals surface area contributed by atoms with Crippen LogP contribution in [0.25, 0.3) is 11.4 Å². The number of carbonyl (C=O) groups excluding carboxylic acids is 1. The van der Waals surface area contributed by atoms with E-state index < -0.39 is 0 Å². The smallest absolute Gasteiger partial charge is 0.255 e. The Hall–Kier alpha value is -3.28. The Morgan fingerprint density at radius 3 is 2.81 bits per heavy atom. The second kappa shape index (κ2) is 6.79. The molecule has 1 aliphatic heterocycles. The van der Waals surface area contributed by atoms with Gasteiger partial charge >= 0.3 is 0 Å². The number of para-hydroxylation sites is 1. The van der Waals surface area contributed by atoms with Crippen LogP contribution in [0.4, 0.5) is 5.69 Å². The third kappa shape index (κ3) is 3.14. The predicted octanol–water partition coefficient (Wildman–Crippen LogP) is 2.66. The Balaban J connectivity index is 1.64.